The Morgan fingerprint density at radius 3 is 2.55 bits per heavy atom. The number of rotatable bonds is 3. The lowest BCUT2D eigenvalue weighted by Crippen LogP contribution is -2.34. The Morgan fingerprint density at radius 1 is 1.18 bits per heavy atom. The van der Waals surface area contributed by atoms with E-state index in [2.05, 4.69) is 9.71 Å². The number of hydrogen-bond donors (Lipinski definition) is 3. The molecule has 1 unspecified atom stereocenters. The first-order valence-electron chi connectivity index (χ1n) is 7.11. The predicted octanol–water partition coefficient (Wildman–Crippen LogP) is 0.706. The van der Waals surface area contributed by atoms with Crippen molar-refractivity contribution in [2.75, 3.05) is 0 Å². The van der Waals surface area contributed by atoms with Crippen LogP contribution in [-0.4, -0.2) is 41.9 Å². The molecule has 1 aromatic carbocycles. The SMILES string of the molecule is Cc1ccc2ncccc2c1S(=O)(=O)NC1C[C@@H](O)[C@@H](O)C1. The summed E-state index contributed by atoms with van der Waals surface area (Å²) in [6, 6.07) is 6.46. The second-order valence-electron chi connectivity index (χ2n) is 5.71. The molecule has 1 aromatic heterocycles. The largest absolute Gasteiger partial charge is 0.390 e. The van der Waals surface area contributed by atoms with Crippen LogP contribution in [0.3, 0.4) is 0 Å². The van der Waals surface area contributed by atoms with Gasteiger partial charge in [-0.05, 0) is 43.5 Å². The first kappa shape index (κ1) is 15.4. The Labute approximate surface area is 128 Å². The van der Waals surface area contributed by atoms with Crippen LogP contribution in [0.5, 0.6) is 0 Å². The van der Waals surface area contributed by atoms with E-state index >= 15 is 0 Å². The molecule has 0 saturated heterocycles. The summed E-state index contributed by atoms with van der Waals surface area (Å²) in [5.74, 6) is 0. The predicted molar refractivity (Wildman–Crippen MR) is 81.8 cm³/mol. The molecule has 0 amide bonds. The number of nitrogens with zero attached hydrogens (tertiary/aromatic N) is 1. The molecule has 3 rings (SSSR count). The fourth-order valence-corrected chi connectivity index (χ4v) is 4.66. The van der Waals surface area contributed by atoms with Gasteiger partial charge in [0, 0.05) is 17.6 Å². The van der Waals surface area contributed by atoms with E-state index in [0.717, 1.165) is 0 Å². The minimum Gasteiger partial charge on any atom is -0.390 e. The van der Waals surface area contributed by atoms with Gasteiger partial charge in [0.15, 0.2) is 0 Å². The van der Waals surface area contributed by atoms with E-state index in [1.54, 1.807) is 37.4 Å². The van der Waals surface area contributed by atoms with Crippen molar-refractivity contribution in [1.29, 1.82) is 0 Å². The lowest BCUT2D eigenvalue weighted by atomic mass is 10.1. The average Bonchev–Trinajstić information content (AvgIpc) is 2.75. The third kappa shape index (κ3) is 2.72. The second-order valence-corrected chi connectivity index (χ2v) is 7.36. The number of nitrogens with one attached hydrogen (secondary N) is 1. The zero-order valence-electron chi connectivity index (χ0n) is 12.1. The van der Waals surface area contributed by atoms with Crippen LogP contribution in [0.25, 0.3) is 10.9 Å². The molecule has 1 heterocycles. The normalized spacial score (nSPS) is 25.7. The van der Waals surface area contributed by atoms with Crippen molar-refractivity contribution < 1.29 is 18.6 Å². The van der Waals surface area contributed by atoms with Crippen LogP contribution in [0.4, 0.5) is 0 Å². The lowest BCUT2D eigenvalue weighted by Gasteiger charge is -2.15. The van der Waals surface area contributed by atoms with Crippen LogP contribution in [-0.2, 0) is 10.0 Å². The Morgan fingerprint density at radius 2 is 1.86 bits per heavy atom. The first-order chi connectivity index (χ1) is 10.4. The van der Waals surface area contributed by atoms with Crippen molar-refractivity contribution in [2.45, 2.75) is 42.9 Å². The summed E-state index contributed by atoms with van der Waals surface area (Å²) in [6.45, 7) is 1.74. The van der Waals surface area contributed by atoms with E-state index in [0.29, 0.717) is 16.5 Å². The molecule has 1 saturated carbocycles. The molecule has 1 aliphatic carbocycles. The zero-order valence-corrected chi connectivity index (χ0v) is 12.9. The maximum atomic E-state index is 12.7. The number of aliphatic hydroxyl groups excluding tert-OH is 2. The maximum Gasteiger partial charge on any atom is 0.241 e. The smallest absolute Gasteiger partial charge is 0.241 e. The molecule has 2 aromatic rings. The first-order valence-corrected chi connectivity index (χ1v) is 8.59. The van der Waals surface area contributed by atoms with Crippen molar-refractivity contribution in [2.24, 2.45) is 0 Å². The third-order valence-corrected chi connectivity index (χ3v) is 5.74. The summed E-state index contributed by atoms with van der Waals surface area (Å²) in [4.78, 5) is 4.38. The van der Waals surface area contributed by atoms with Gasteiger partial charge in [-0.15, -0.1) is 0 Å². The Hall–Kier alpha value is -1.54. The standard InChI is InChI=1S/C15H18N2O4S/c1-9-4-5-12-11(3-2-6-16-12)15(9)22(20,21)17-10-7-13(18)14(19)8-10/h2-6,10,13-14,17-19H,7-8H2,1H3/t10?,13-,14+. The Balaban J connectivity index is 2.01. The molecule has 0 aliphatic heterocycles. The number of aryl methyl sites for hydroxylation is 1. The minimum atomic E-state index is -3.76. The van der Waals surface area contributed by atoms with Gasteiger partial charge in [0.2, 0.25) is 10.0 Å². The van der Waals surface area contributed by atoms with Crippen molar-refractivity contribution in [3.63, 3.8) is 0 Å². The van der Waals surface area contributed by atoms with Gasteiger partial charge < -0.3 is 10.2 Å². The molecule has 22 heavy (non-hydrogen) atoms. The van der Waals surface area contributed by atoms with Crippen LogP contribution in [0, 0.1) is 6.92 Å². The zero-order chi connectivity index (χ0) is 15.9. The molecule has 1 aliphatic rings. The van der Waals surface area contributed by atoms with Crippen LogP contribution >= 0.6 is 0 Å². The molecule has 7 heteroatoms. The number of pyridine rings is 1. The van der Waals surface area contributed by atoms with Gasteiger partial charge in [-0.2, -0.15) is 0 Å². The fourth-order valence-electron chi connectivity index (χ4n) is 2.96. The highest BCUT2D eigenvalue weighted by atomic mass is 32.2. The molecule has 0 spiro atoms. The number of aromatic nitrogens is 1. The van der Waals surface area contributed by atoms with E-state index in [-0.39, 0.29) is 17.7 Å². The van der Waals surface area contributed by atoms with Gasteiger partial charge in [-0.25, -0.2) is 13.1 Å². The van der Waals surface area contributed by atoms with Gasteiger partial charge in [-0.1, -0.05) is 6.07 Å². The van der Waals surface area contributed by atoms with E-state index in [1.165, 1.54) is 0 Å². The van der Waals surface area contributed by atoms with Crippen molar-refractivity contribution in [3.8, 4) is 0 Å². The number of hydrogen-bond acceptors (Lipinski definition) is 5. The van der Waals surface area contributed by atoms with Crippen molar-refractivity contribution >= 4 is 20.9 Å². The molecular formula is C15H18N2O4S. The molecule has 0 radical (unpaired) electrons. The number of aliphatic hydroxyl groups is 2. The van der Waals surface area contributed by atoms with Gasteiger partial charge in [0.25, 0.3) is 0 Å². The number of fused-ring (bicyclic) bond motifs is 1. The Bertz CT molecular complexity index is 796. The monoisotopic (exact) mass is 322 g/mol. The minimum absolute atomic E-state index is 0.203. The lowest BCUT2D eigenvalue weighted by molar-refractivity contribution is 0.0438. The van der Waals surface area contributed by atoms with Crippen molar-refractivity contribution in [3.05, 3.63) is 36.0 Å². The second kappa shape index (κ2) is 5.58. The molecule has 118 valence electrons. The summed E-state index contributed by atoms with van der Waals surface area (Å²) in [5.41, 5.74) is 1.24. The molecule has 1 fully saturated rings. The molecule has 3 atom stereocenters. The topological polar surface area (TPSA) is 99.5 Å². The highest BCUT2D eigenvalue weighted by Crippen LogP contribution is 2.27. The third-order valence-electron chi connectivity index (χ3n) is 4.02. The molecule has 3 N–H and O–H groups in total. The van der Waals surface area contributed by atoms with Gasteiger partial charge in [-0.3, -0.25) is 4.98 Å². The summed E-state index contributed by atoms with van der Waals surface area (Å²) >= 11 is 0. The summed E-state index contributed by atoms with van der Waals surface area (Å²) < 4.78 is 28.1. The quantitative estimate of drug-likeness (QED) is 0.773. The van der Waals surface area contributed by atoms with E-state index < -0.39 is 28.3 Å². The van der Waals surface area contributed by atoms with Crippen LogP contribution in [0.15, 0.2) is 35.4 Å². The average molecular weight is 322 g/mol. The molecular weight excluding hydrogens is 304 g/mol. The highest BCUT2D eigenvalue weighted by molar-refractivity contribution is 7.89. The fraction of sp³-hybridized carbons (Fsp3) is 0.400. The van der Waals surface area contributed by atoms with Crippen LogP contribution < -0.4 is 4.72 Å². The summed E-state index contributed by atoms with van der Waals surface area (Å²) in [6.07, 6.45) is 0.266. The van der Waals surface area contributed by atoms with Gasteiger partial charge >= 0.3 is 0 Å². The van der Waals surface area contributed by atoms with Crippen LogP contribution in [0.1, 0.15) is 18.4 Å². The summed E-state index contributed by atoms with van der Waals surface area (Å²) in [5, 5.41) is 19.7. The van der Waals surface area contributed by atoms with E-state index in [4.69, 9.17) is 0 Å². The van der Waals surface area contributed by atoms with Gasteiger partial charge in [0.05, 0.1) is 22.6 Å². The van der Waals surface area contributed by atoms with E-state index in [9.17, 15) is 18.6 Å². The molecule has 6 nitrogen and oxygen atoms in total. The highest BCUT2D eigenvalue weighted by Gasteiger charge is 2.34. The van der Waals surface area contributed by atoms with Gasteiger partial charge in [0.1, 0.15) is 0 Å². The van der Waals surface area contributed by atoms with Crippen LogP contribution in [0.2, 0.25) is 0 Å². The number of benzene rings is 1. The summed E-state index contributed by atoms with van der Waals surface area (Å²) in [7, 11) is -3.76. The maximum absolute atomic E-state index is 12.7. The Kier molecular flexibility index (Phi) is 3.90. The van der Waals surface area contributed by atoms with Crippen molar-refractivity contribution in [1.82, 2.24) is 9.71 Å². The van der Waals surface area contributed by atoms with E-state index in [1.807, 2.05) is 0 Å². The number of sulfonamides is 1. The molecule has 0 bridgehead atoms.